The maximum absolute atomic E-state index is 12.2. The fourth-order valence-electron chi connectivity index (χ4n) is 3.92. The third kappa shape index (κ3) is 4.41. The largest absolute Gasteiger partial charge is 0.493 e. The Morgan fingerprint density at radius 2 is 1.77 bits per heavy atom. The average Bonchev–Trinajstić information content (AvgIpc) is 2.82. The first-order valence-electron chi connectivity index (χ1n) is 9.66. The van der Waals surface area contributed by atoms with E-state index in [4.69, 9.17) is 18.7 Å². The number of carbonyl (C=O) groups is 1. The molecule has 1 N–H and O–H groups in total. The molecule has 1 aliphatic rings. The minimum Gasteiger partial charge on any atom is -0.493 e. The lowest BCUT2D eigenvalue weighted by Crippen LogP contribution is -2.26. The quantitative estimate of drug-likeness (QED) is 0.679. The molecule has 0 bridgehead atoms. The molecule has 0 fully saturated rings. The Morgan fingerprint density at radius 3 is 2.33 bits per heavy atom. The minimum absolute atomic E-state index is 0.123. The summed E-state index contributed by atoms with van der Waals surface area (Å²) in [4.78, 5) is 11.9. The average molecular weight is 433 g/mol. The van der Waals surface area contributed by atoms with Gasteiger partial charge in [-0.25, -0.2) is 0 Å². The molecule has 3 rings (SSSR count). The molecule has 2 aromatic rings. The lowest BCUT2D eigenvalue weighted by Gasteiger charge is -2.22. The van der Waals surface area contributed by atoms with Crippen molar-refractivity contribution in [2.45, 2.75) is 25.8 Å². The number of hydrogen-bond acceptors (Lipinski definition) is 6. The Bertz CT molecular complexity index is 1010. The number of carbonyl (C=O) groups excluding carboxylic acids is 1. The molecule has 2 aromatic carbocycles. The van der Waals surface area contributed by atoms with E-state index in [-0.39, 0.29) is 11.9 Å². The number of fused-ring (bicyclic) bond motifs is 3. The molecule has 0 aliphatic heterocycles. The molecule has 1 aliphatic carbocycles. The van der Waals surface area contributed by atoms with Gasteiger partial charge in [0.15, 0.2) is 11.5 Å². The van der Waals surface area contributed by atoms with Gasteiger partial charge in [-0.1, -0.05) is 6.07 Å². The van der Waals surface area contributed by atoms with Crippen LogP contribution in [0.1, 0.15) is 30.5 Å². The molecule has 0 saturated carbocycles. The standard InChI is InChI=1S/C22H28NO6P/c1-13(24)23-18-10-7-14-11-19(26-2)21(27-3)22(28-4)20(14)16-9-8-15(12-17(16)18)29-30(5,6)25/h8-9,11-12,18H,7,10H2,1-6H3,(H,23,24)/t18-/m0/s1. The van der Waals surface area contributed by atoms with E-state index in [1.165, 1.54) is 6.92 Å². The van der Waals surface area contributed by atoms with Crippen molar-refractivity contribution >= 4 is 13.3 Å². The third-order valence-electron chi connectivity index (χ3n) is 4.98. The van der Waals surface area contributed by atoms with Crippen LogP contribution in [0, 0.1) is 0 Å². The van der Waals surface area contributed by atoms with Gasteiger partial charge in [-0.05, 0) is 47.7 Å². The molecule has 0 radical (unpaired) electrons. The van der Waals surface area contributed by atoms with Crippen LogP contribution in [0.3, 0.4) is 0 Å². The first kappa shape index (κ1) is 22.0. The van der Waals surface area contributed by atoms with Crippen molar-refractivity contribution < 1.29 is 28.1 Å². The van der Waals surface area contributed by atoms with E-state index in [2.05, 4.69) is 5.32 Å². The zero-order chi connectivity index (χ0) is 22.1. The van der Waals surface area contributed by atoms with Crippen LogP contribution in [0.15, 0.2) is 24.3 Å². The second-order valence-corrected chi connectivity index (χ2v) is 10.3. The number of nitrogens with one attached hydrogen (secondary N) is 1. The van der Waals surface area contributed by atoms with Gasteiger partial charge in [0.2, 0.25) is 19.0 Å². The number of ether oxygens (including phenoxy) is 3. The van der Waals surface area contributed by atoms with Crippen LogP contribution in [0.2, 0.25) is 0 Å². The normalized spacial score (nSPS) is 15.3. The van der Waals surface area contributed by atoms with Crippen molar-refractivity contribution in [2.75, 3.05) is 34.7 Å². The molecule has 0 saturated heterocycles. The number of aryl methyl sites for hydroxylation is 1. The van der Waals surface area contributed by atoms with Gasteiger partial charge >= 0.3 is 0 Å². The van der Waals surface area contributed by atoms with Gasteiger partial charge in [-0.15, -0.1) is 0 Å². The first-order valence-corrected chi connectivity index (χ1v) is 12.2. The Hall–Kier alpha value is -2.66. The monoisotopic (exact) mass is 433 g/mol. The minimum atomic E-state index is -2.74. The maximum atomic E-state index is 12.2. The zero-order valence-corrected chi connectivity index (χ0v) is 19.1. The molecule has 0 spiro atoms. The van der Waals surface area contributed by atoms with Gasteiger partial charge in [0.25, 0.3) is 0 Å². The third-order valence-corrected chi connectivity index (χ3v) is 5.64. The van der Waals surface area contributed by atoms with Crippen molar-refractivity contribution in [3.8, 4) is 34.1 Å². The van der Waals surface area contributed by atoms with Crippen LogP contribution in [0.4, 0.5) is 0 Å². The van der Waals surface area contributed by atoms with Crippen molar-refractivity contribution in [1.82, 2.24) is 5.32 Å². The summed E-state index contributed by atoms with van der Waals surface area (Å²) in [5.41, 5.74) is 3.69. The molecule has 0 unspecified atom stereocenters. The van der Waals surface area contributed by atoms with Crippen LogP contribution in [0.5, 0.6) is 23.0 Å². The van der Waals surface area contributed by atoms with Crippen LogP contribution in [-0.2, 0) is 15.8 Å². The van der Waals surface area contributed by atoms with Crippen molar-refractivity contribution in [3.05, 3.63) is 35.4 Å². The second kappa shape index (κ2) is 8.60. The Balaban J connectivity index is 2.28. The molecule has 1 amide bonds. The predicted molar refractivity (Wildman–Crippen MR) is 116 cm³/mol. The fourth-order valence-corrected chi connectivity index (χ4v) is 4.54. The molecule has 30 heavy (non-hydrogen) atoms. The number of methoxy groups -OCH3 is 3. The summed E-state index contributed by atoms with van der Waals surface area (Å²) in [5, 5.41) is 3.03. The molecular formula is C22H28NO6P. The molecule has 8 heteroatoms. The molecule has 7 nitrogen and oxygen atoms in total. The van der Waals surface area contributed by atoms with Gasteiger partial charge < -0.3 is 24.1 Å². The second-order valence-electron chi connectivity index (χ2n) is 7.56. The number of amides is 1. The first-order chi connectivity index (χ1) is 14.2. The Kier molecular flexibility index (Phi) is 6.32. The number of rotatable bonds is 6. The van der Waals surface area contributed by atoms with Gasteiger partial charge in [0.1, 0.15) is 5.75 Å². The Labute approximate surface area is 177 Å². The van der Waals surface area contributed by atoms with Crippen LogP contribution < -0.4 is 24.1 Å². The molecule has 162 valence electrons. The lowest BCUT2D eigenvalue weighted by atomic mass is 9.93. The van der Waals surface area contributed by atoms with Crippen LogP contribution in [0.25, 0.3) is 11.1 Å². The summed E-state index contributed by atoms with van der Waals surface area (Å²) in [5.74, 6) is 2.05. The summed E-state index contributed by atoms with van der Waals surface area (Å²) >= 11 is 0. The highest BCUT2D eigenvalue weighted by Crippen LogP contribution is 2.51. The molecule has 1 atom stereocenters. The molecule has 0 heterocycles. The van der Waals surface area contributed by atoms with Gasteiger partial charge in [0.05, 0.1) is 27.4 Å². The summed E-state index contributed by atoms with van der Waals surface area (Å²) in [6.45, 7) is 4.63. The zero-order valence-electron chi connectivity index (χ0n) is 18.2. The van der Waals surface area contributed by atoms with E-state index in [0.29, 0.717) is 35.8 Å². The predicted octanol–water partition coefficient (Wildman–Crippen LogP) is 4.42. The van der Waals surface area contributed by atoms with E-state index >= 15 is 0 Å². The summed E-state index contributed by atoms with van der Waals surface area (Å²) in [6.07, 6.45) is 1.37. The van der Waals surface area contributed by atoms with Gasteiger partial charge in [-0.3, -0.25) is 9.36 Å². The number of benzene rings is 2. The van der Waals surface area contributed by atoms with Crippen molar-refractivity contribution in [1.29, 1.82) is 0 Å². The van der Waals surface area contributed by atoms with E-state index < -0.39 is 7.37 Å². The highest BCUT2D eigenvalue weighted by atomic mass is 31.2. The van der Waals surface area contributed by atoms with Crippen molar-refractivity contribution in [2.24, 2.45) is 0 Å². The van der Waals surface area contributed by atoms with Gasteiger partial charge in [-0.2, -0.15) is 0 Å². The van der Waals surface area contributed by atoms with Gasteiger partial charge in [0, 0.05) is 25.8 Å². The highest BCUT2D eigenvalue weighted by molar-refractivity contribution is 7.57. The summed E-state index contributed by atoms with van der Waals surface area (Å²) in [7, 11) is 2.02. The lowest BCUT2D eigenvalue weighted by molar-refractivity contribution is -0.119. The molecular weight excluding hydrogens is 405 g/mol. The Morgan fingerprint density at radius 1 is 1.07 bits per heavy atom. The van der Waals surface area contributed by atoms with E-state index in [1.54, 1.807) is 40.7 Å². The highest BCUT2D eigenvalue weighted by Gasteiger charge is 2.29. The number of hydrogen-bond donors (Lipinski definition) is 1. The van der Waals surface area contributed by atoms with E-state index in [1.807, 2.05) is 18.2 Å². The SMILES string of the molecule is COc1cc2c(c(OC)c1OC)-c1ccc(OP(C)(C)=O)cc1[C@@H](NC(C)=O)CC2. The fraction of sp³-hybridized carbons (Fsp3) is 0.409. The van der Waals surface area contributed by atoms with Crippen molar-refractivity contribution in [3.63, 3.8) is 0 Å². The van der Waals surface area contributed by atoms with E-state index in [0.717, 1.165) is 22.3 Å². The van der Waals surface area contributed by atoms with Crippen LogP contribution >= 0.6 is 7.37 Å². The summed E-state index contributed by atoms with van der Waals surface area (Å²) in [6, 6.07) is 7.26. The van der Waals surface area contributed by atoms with E-state index in [9.17, 15) is 9.36 Å². The molecule has 0 aromatic heterocycles. The van der Waals surface area contributed by atoms with Crippen LogP contribution in [-0.4, -0.2) is 40.6 Å². The topological polar surface area (TPSA) is 83.1 Å². The smallest absolute Gasteiger partial charge is 0.242 e. The summed E-state index contributed by atoms with van der Waals surface area (Å²) < 4.78 is 34.7. The maximum Gasteiger partial charge on any atom is 0.242 e.